The number of aromatic nitrogens is 2. The first-order valence-electron chi connectivity index (χ1n) is 9.65. The molecule has 4 aromatic rings. The highest BCUT2D eigenvalue weighted by Gasteiger charge is 2.17. The Morgan fingerprint density at radius 1 is 1.10 bits per heavy atom. The second-order valence-corrected chi connectivity index (χ2v) is 8.93. The normalized spacial score (nSPS) is 12.7. The fourth-order valence-electron chi connectivity index (χ4n) is 3.48. The van der Waals surface area contributed by atoms with E-state index in [1.807, 2.05) is 31.3 Å². The number of benzene rings is 2. The first kappa shape index (κ1) is 22.2. The van der Waals surface area contributed by atoms with Crippen molar-refractivity contribution in [2.45, 2.75) is 24.3 Å². The van der Waals surface area contributed by atoms with Crippen LogP contribution in [-0.4, -0.2) is 37.5 Å². The summed E-state index contributed by atoms with van der Waals surface area (Å²) in [6.45, 7) is 3.19. The molecule has 1 atom stereocenters. The minimum absolute atomic E-state index is 0. The van der Waals surface area contributed by atoms with Gasteiger partial charge in [-0.05, 0) is 55.1 Å². The highest BCUT2D eigenvalue weighted by Crippen LogP contribution is 2.19. The van der Waals surface area contributed by atoms with Gasteiger partial charge in [0.25, 0.3) is 0 Å². The Morgan fingerprint density at radius 3 is 2.80 bits per heavy atom. The zero-order valence-corrected chi connectivity index (χ0v) is 18.3. The quantitative estimate of drug-likeness (QED) is 0.362. The first-order chi connectivity index (χ1) is 14.0. The van der Waals surface area contributed by atoms with Crippen LogP contribution >= 0.6 is 12.4 Å². The summed E-state index contributed by atoms with van der Waals surface area (Å²) in [5, 5.41) is 6.34. The van der Waals surface area contributed by atoms with Gasteiger partial charge in [-0.2, -0.15) is 0 Å². The van der Waals surface area contributed by atoms with Crippen molar-refractivity contribution in [3.8, 4) is 0 Å². The van der Waals surface area contributed by atoms with Crippen molar-refractivity contribution in [1.82, 2.24) is 20.0 Å². The number of aromatic amines is 1. The van der Waals surface area contributed by atoms with Gasteiger partial charge in [0, 0.05) is 47.5 Å². The summed E-state index contributed by atoms with van der Waals surface area (Å²) in [5.74, 6) is 0. The van der Waals surface area contributed by atoms with Gasteiger partial charge in [0.2, 0.25) is 10.0 Å². The third-order valence-corrected chi connectivity index (χ3v) is 6.56. The van der Waals surface area contributed by atoms with E-state index >= 15 is 0 Å². The molecule has 2 heterocycles. The number of hydrogen-bond donors (Lipinski definition) is 3. The minimum atomic E-state index is -3.58. The van der Waals surface area contributed by atoms with Crippen molar-refractivity contribution in [3.05, 3.63) is 72.7 Å². The van der Waals surface area contributed by atoms with Gasteiger partial charge in [-0.1, -0.05) is 24.3 Å². The molecular weight excluding hydrogens is 420 g/mol. The molecule has 0 fully saturated rings. The summed E-state index contributed by atoms with van der Waals surface area (Å²) in [6, 6.07) is 14.9. The van der Waals surface area contributed by atoms with Gasteiger partial charge in [0.1, 0.15) is 0 Å². The maximum Gasteiger partial charge on any atom is 0.240 e. The maximum absolute atomic E-state index is 12.7. The Morgan fingerprint density at radius 2 is 1.93 bits per heavy atom. The number of hydrogen-bond acceptors (Lipinski definition) is 4. The lowest BCUT2D eigenvalue weighted by Gasteiger charge is -2.15. The molecule has 0 spiro atoms. The third-order valence-electron chi connectivity index (χ3n) is 4.98. The van der Waals surface area contributed by atoms with Crippen LogP contribution in [0, 0.1) is 0 Å². The number of nitrogens with one attached hydrogen (secondary N) is 3. The largest absolute Gasteiger partial charge is 0.361 e. The van der Waals surface area contributed by atoms with Crippen molar-refractivity contribution in [3.63, 3.8) is 0 Å². The van der Waals surface area contributed by atoms with Crippen LogP contribution < -0.4 is 10.0 Å². The molecule has 8 heteroatoms. The molecule has 0 saturated heterocycles. The molecule has 4 rings (SSSR count). The zero-order valence-electron chi connectivity index (χ0n) is 16.6. The SMILES string of the molecule is CC(CNCCc1c[nH]c2ccccc12)NS(=O)(=O)c1ccc2cnccc2c1.Cl. The second kappa shape index (κ2) is 9.57. The monoisotopic (exact) mass is 444 g/mol. The minimum Gasteiger partial charge on any atom is -0.361 e. The van der Waals surface area contributed by atoms with Crippen LogP contribution in [0.25, 0.3) is 21.7 Å². The second-order valence-electron chi connectivity index (χ2n) is 7.22. The Hall–Kier alpha value is -2.45. The lowest BCUT2D eigenvalue weighted by Crippen LogP contribution is -2.40. The van der Waals surface area contributed by atoms with Gasteiger partial charge >= 0.3 is 0 Å². The number of pyridine rings is 1. The van der Waals surface area contributed by atoms with Crippen molar-refractivity contribution in [2.24, 2.45) is 0 Å². The molecule has 30 heavy (non-hydrogen) atoms. The van der Waals surface area contributed by atoms with E-state index in [2.05, 4.69) is 32.1 Å². The van der Waals surface area contributed by atoms with Crippen LogP contribution in [0.15, 0.2) is 72.0 Å². The Bertz CT molecular complexity index is 1240. The van der Waals surface area contributed by atoms with Gasteiger partial charge in [0.15, 0.2) is 0 Å². The predicted octanol–water partition coefficient (Wildman–Crippen LogP) is 3.64. The molecule has 0 amide bonds. The highest BCUT2D eigenvalue weighted by molar-refractivity contribution is 7.89. The molecule has 0 bridgehead atoms. The Balaban J connectivity index is 0.00000256. The first-order valence-corrected chi connectivity index (χ1v) is 11.1. The number of fused-ring (bicyclic) bond motifs is 2. The molecular formula is C22H25ClN4O2S. The van der Waals surface area contributed by atoms with E-state index in [9.17, 15) is 8.42 Å². The number of sulfonamides is 1. The van der Waals surface area contributed by atoms with E-state index in [4.69, 9.17) is 0 Å². The van der Waals surface area contributed by atoms with Gasteiger partial charge < -0.3 is 10.3 Å². The number of nitrogens with zero attached hydrogens (tertiary/aromatic N) is 1. The Kier molecular flexibility index (Phi) is 7.10. The van der Waals surface area contributed by atoms with Gasteiger partial charge in [-0.3, -0.25) is 4.98 Å². The predicted molar refractivity (Wildman–Crippen MR) is 124 cm³/mol. The molecule has 0 aliphatic heterocycles. The molecule has 6 nitrogen and oxygen atoms in total. The average Bonchev–Trinajstić information content (AvgIpc) is 3.14. The fourth-order valence-corrected chi connectivity index (χ4v) is 4.76. The summed E-state index contributed by atoms with van der Waals surface area (Å²) in [6.07, 6.45) is 6.29. The highest BCUT2D eigenvalue weighted by atomic mass is 35.5. The summed E-state index contributed by atoms with van der Waals surface area (Å²) >= 11 is 0. The van der Waals surface area contributed by atoms with E-state index < -0.39 is 10.0 Å². The zero-order chi connectivity index (χ0) is 20.3. The number of rotatable bonds is 8. The van der Waals surface area contributed by atoms with Crippen molar-refractivity contribution in [1.29, 1.82) is 0 Å². The van der Waals surface area contributed by atoms with E-state index in [1.54, 1.807) is 30.6 Å². The van der Waals surface area contributed by atoms with Crippen molar-refractivity contribution >= 4 is 44.1 Å². The summed E-state index contributed by atoms with van der Waals surface area (Å²) in [4.78, 5) is 7.60. The van der Waals surface area contributed by atoms with Gasteiger partial charge in [-0.25, -0.2) is 13.1 Å². The molecule has 0 aliphatic carbocycles. The number of para-hydroxylation sites is 1. The van der Waals surface area contributed by atoms with Crippen LogP contribution in [-0.2, 0) is 16.4 Å². The molecule has 1 unspecified atom stereocenters. The van der Waals surface area contributed by atoms with Crippen LogP contribution in [0.5, 0.6) is 0 Å². The smallest absolute Gasteiger partial charge is 0.240 e. The molecule has 158 valence electrons. The number of halogens is 1. The standard InChI is InChI=1S/C22H24N4O2S.ClH/c1-16(13-23-11-9-19-15-25-22-5-3-2-4-21(19)22)26-29(27,28)20-7-6-18-14-24-10-8-17(18)12-20;/h2-8,10,12,14-16,23,25-26H,9,11,13H2,1H3;1H. The molecule has 0 saturated carbocycles. The Labute approximate surface area is 182 Å². The molecule has 3 N–H and O–H groups in total. The fraction of sp³-hybridized carbons (Fsp3) is 0.227. The number of H-pyrrole nitrogens is 1. The summed E-state index contributed by atoms with van der Waals surface area (Å²) < 4.78 is 28.1. The maximum atomic E-state index is 12.7. The van der Waals surface area contributed by atoms with Crippen LogP contribution in [0.4, 0.5) is 0 Å². The topological polar surface area (TPSA) is 86.9 Å². The molecule has 2 aromatic heterocycles. The summed E-state index contributed by atoms with van der Waals surface area (Å²) in [7, 11) is -3.58. The molecule has 0 radical (unpaired) electrons. The molecule has 2 aromatic carbocycles. The van der Waals surface area contributed by atoms with Crippen molar-refractivity contribution < 1.29 is 8.42 Å². The lowest BCUT2D eigenvalue weighted by atomic mass is 10.1. The van der Waals surface area contributed by atoms with E-state index in [0.29, 0.717) is 6.54 Å². The third kappa shape index (κ3) is 4.99. The van der Waals surface area contributed by atoms with Crippen LogP contribution in [0.1, 0.15) is 12.5 Å². The van der Waals surface area contributed by atoms with Gasteiger partial charge in [0.05, 0.1) is 4.90 Å². The summed E-state index contributed by atoms with van der Waals surface area (Å²) in [5.41, 5.74) is 2.39. The van der Waals surface area contributed by atoms with Crippen LogP contribution in [0.2, 0.25) is 0 Å². The van der Waals surface area contributed by atoms with Gasteiger partial charge in [-0.15, -0.1) is 12.4 Å². The van der Waals surface area contributed by atoms with E-state index in [0.717, 1.165) is 29.3 Å². The molecule has 0 aliphatic rings. The van der Waals surface area contributed by atoms with Crippen LogP contribution in [0.3, 0.4) is 0 Å². The van der Waals surface area contributed by atoms with E-state index in [1.165, 1.54) is 10.9 Å². The van der Waals surface area contributed by atoms with Crippen molar-refractivity contribution in [2.75, 3.05) is 13.1 Å². The van der Waals surface area contributed by atoms with E-state index in [-0.39, 0.29) is 23.3 Å². The lowest BCUT2D eigenvalue weighted by molar-refractivity contribution is 0.537. The average molecular weight is 445 g/mol.